The molecule has 2 aliphatic heterocycles. The average Bonchev–Trinajstić information content (AvgIpc) is 2.81. The molecule has 3 heterocycles. The minimum atomic E-state index is -0.543. The van der Waals surface area contributed by atoms with E-state index in [4.69, 9.17) is 11.6 Å². The first-order valence-corrected chi connectivity index (χ1v) is 12.4. The number of thioether (sulfide) groups is 1. The molecule has 1 saturated heterocycles. The molecule has 0 bridgehead atoms. The lowest BCUT2D eigenvalue weighted by Crippen LogP contribution is -2.50. The molecule has 5 rings (SSSR count). The van der Waals surface area contributed by atoms with E-state index in [-0.39, 0.29) is 22.5 Å². The molecular formula is C24H24ClFN6OS. The third kappa shape index (κ3) is 4.31. The van der Waals surface area contributed by atoms with Crippen molar-refractivity contribution in [3.05, 3.63) is 64.6 Å². The van der Waals surface area contributed by atoms with Crippen LogP contribution in [0.5, 0.6) is 0 Å². The number of halogens is 2. The Kier molecular flexibility index (Phi) is 6.33. The van der Waals surface area contributed by atoms with Gasteiger partial charge in [0, 0.05) is 43.2 Å². The normalized spacial score (nSPS) is 18.1. The van der Waals surface area contributed by atoms with Crippen molar-refractivity contribution in [2.45, 2.75) is 24.9 Å². The number of rotatable bonds is 4. The monoisotopic (exact) mass is 498 g/mol. The Hall–Kier alpha value is -2.88. The van der Waals surface area contributed by atoms with Gasteiger partial charge in [-0.3, -0.25) is 9.69 Å². The van der Waals surface area contributed by atoms with Gasteiger partial charge in [0.1, 0.15) is 10.8 Å². The van der Waals surface area contributed by atoms with E-state index < -0.39 is 5.82 Å². The molecule has 7 nitrogen and oxygen atoms in total. The first-order valence-electron chi connectivity index (χ1n) is 11.0. The van der Waals surface area contributed by atoms with Crippen LogP contribution < -0.4 is 20.4 Å². The standard InChI is InChI=1S/C24H24ClFN6OS/c1-14-10-16(6-7-20(14)31-9-8-27-11-15(31)2)29-24-28-12-17-22(30-24)34-13-32(23(17)33)21-18(25)4-3-5-19(21)26/h3-7,10,12,15,27H,8-9,11,13H2,1-2H3,(H,28,29,30)/t15-/m0/s1. The van der Waals surface area contributed by atoms with E-state index >= 15 is 0 Å². The Morgan fingerprint density at radius 2 is 2.15 bits per heavy atom. The van der Waals surface area contributed by atoms with Gasteiger partial charge in [-0.25, -0.2) is 14.4 Å². The number of hydrogen-bond acceptors (Lipinski definition) is 7. The fraction of sp³-hybridized carbons (Fsp3) is 0.292. The van der Waals surface area contributed by atoms with Crippen LogP contribution in [0.15, 0.2) is 47.6 Å². The van der Waals surface area contributed by atoms with Crippen LogP contribution in [0.25, 0.3) is 0 Å². The first-order chi connectivity index (χ1) is 16.4. The number of nitrogens with one attached hydrogen (secondary N) is 2. The molecule has 1 atom stereocenters. The van der Waals surface area contributed by atoms with Gasteiger partial charge < -0.3 is 15.5 Å². The van der Waals surface area contributed by atoms with Gasteiger partial charge in [-0.1, -0.05) is 29.4 Å². The number of hydrogen-bond donors (Lipinski definition) is 2. The molecule has 10 heteroatoms. The molecule has 2 aromatic carbocycles. The number of aryl methyl sites for hydroxylation is 1. The maximum atomic E-state index is 14.4. The number of carbonyl (C=O) groups excluding carboxylic acids is 1. The number of benzene rings is 2. The van der Waals surface area contributed by atoms with E-state index in [1.165, 1.54) is 46.2 Å². The number of fused-ring (bicyclic) bond motifs is 1. The van der Waals surface area contributed by atoms with Gasteiger partial charge in [0.05, 0.1) is 22.2 Å². The molecule has 0 spiro atoms. The summed E-state index contributed by atoms with van der Waals surface area (Å²) in [6, 6.07) is 11.0. The quantitative estimate of drug-likeness (QED) is 0.499. The van der Waals surface area contributed by atoms with Gasteiger partial charge in [0.2, 0.25) is 5.95 Å². The van der Waals surface area contributed by atoms with Crippen molar-refractivity contribution >= 4 is 52.3 Å². The number of para-hydroxylation sites is 1. The van der Waals surface area contributed by atoms with Crippen molar-refractivity contribution in [1.29, 1.82) is 0 Å². The van der Waals surface area contributed by atoms with E-state index in [1.54, 1.807) is 6.07 Å². The van der Waals surface area contributed by atoms with Crippen molar-refractivity contribution in [2.24, 2.45) is 0 Å². The third-order valence-electron chi connectivity index (χ3n) is 6.03. The molecule has 0 saturated carbocycles. The maximum Gasteiger partial charge on any atom is 0.263 e. The Labute approximate surface area is 206 Å². The fourth-order valence-corrected chi connectivity index (χ4v) is 5.52. The third-order valence-corrected chi connectivity index (χ3v) is 7.31. The highest BCUT2D eigenvalue weighted by molar-refractivity contribution is 7.99. The second kappa shape index (κ2) is 9.40. The molecule has 0 radical (unpaired) electrons. The molecule has 34 heavy (non-hydrogen) atoms. The van der Waals surface area contributed by atoms with Crippen molar-refractivity contribution < 1.29 is 9.18 Å². The van der Waals surface area contributed by atoms with Crippen LogP contribution in [0, 0.1) is 12.7 Å². The summed E-state index contributed by atoms with van der Waals surface area (Å²) >= 11 is 7.50. The minimum Gasteiger partial charge on any atom is -0.366 e. The summed E-state index contributed by atoms with van der Waals surface area (Å²) in [7, 11) is 0. The summed E-state index contributed by atoms with van der Waals surface area (Å²) in [6.07, 6.45) is 1.48. The van der Waals surface area contributed by atoms with Gasteiger partial charge in [0.15, 0.2) is 0 Å². The van der Waals surface area contributed by atoms with E-state index in [0.717, 1.165) is 25.3 Å². The van der Waals surface area contributed by atoms with Crippen LogP contribution >= 0.6 is 23.4 Å². The SMILES string of the molecule is Cc1cc(Nc2ncc3c(n2)SCN(c2c(F)cccc2Cl)C3=O)ccc1N1CCNC[C@@H]1C. The zero-order valence-corrected chi connectivity index (χ0v) is 20.4. The Morgan fingerprint density at radius 3 is 2.91 bits per heavy atom. The topological polar surface area (TPSA) is 73.4 Å². The molecule has 1 aromatic heterocycles. The van der Waals surface area contributed by atoms with Crippen LogP contribution in [0.3, 0.4) is 0 Å². The molecule has 0 aliphatic carbocycles. The summed E-state index contributed by atoms with van der Waals surface area (Å²) in [5.74, 6) is -0.311. The van der Waals surface area contributed by atoms with Crippen molar-refractivity contribution in [3.8, 4) is 0 Å². The van der Waals surface area contributed by atoms with Crippen molar-refractivity contribution in [2.75, 3.05) is 40.6 Å². The van der Waals surface area contributed by atoms with E-state index in [1.807, 2.05) is 6.07 Å². The highest BCUT2D eigenvalue weighted by Gasteiger charge is 2.31. The maximum absolute atomic E-state index is 14.4. The second-order valence-electron chi connectivity index (χ2n) is 8.36. The number of anilines is 4. The average molecular weight is 499 g/mol. The van der Waals surface area contributed by atoms with E-state index in [2.05, 4.69) is 51.5 Å². The summed E-state index contributed by atoms with van der Waals surface area (Å²) in [6.45, 7) is 7.24. The minimum absolute atomic E-state index is 0.0730. The number of amides is 1. The Morgan fingerprint density at radius 1 is 1.29 bits per heavy atom. The second-order valence-corrected chi connectivity index (χ2v) is 9.70. The predicted octanol–water partition coefficient (Wildman–Crippen LogP) is 4.83. The van der Waals surface area contributed by atoms with Crippen molar-refractivity contribution in [3.63, 3.8) is 0 Å². The molecule has 3 aromatic rings. The molecule has 176 valence electrons. The van der Waals surface area contributed by atoms with Crippen LogP contribution in [0.2, 0.25) is 5.02 Å². The number of piperazine rings is 1. The summed E-state index contributed by atoms with van der Waals surface area (Å²) in [5, 5.41) is 7.39. The van der Waals surface area contributed by atoms with E-state index in [9.17, 15) is 9.18 Å². The lowest BCUT2D eigenvalue weighted by Gasteiger charge is -2.37. The van der Waals surface area contributed by atoms with Crippen molar-refractivity contribution in [1.82, 2.24) is 15.3 Å². The smallest absolute Gasteiger partial charge is 0.263 e. The van der Waals surface area contributed by atoms with Crippen LogP contribution in [0.1, 0.15) is 22.8 Å². The first kappa shape index (κ1) is 22.9. The Bertz CT molecular complexity index is 1240. The summed E-state index contributed by atoms with van der Waals surface area (Å²) in [5.41, 5.74) is 3.65. The molecule has 1 amide bonds. The number of aromatic nitrogens is 2. The fourth-order valence-electron chi connectivity index (χ4n) is 4.31. The summed E-state index contributed by atoms with van der Waals surface area (Å²) < 4.78 is 14.4. The van der Waals surface area contributed by atoms with Crippen LogP contribution in [-0.4, -0.2) is 47.4 Å². The molecule has 1 fully saturated rings. The molecular weight excluding hydrogens is 475 g/mol. The lowest BCUT2D eigenvalue weighted by atomic mass is 10.1. The van der Waals surface area contributed by atoms with Gasteiger partial charge in [-0.15, -0.1) is 0 Å². The van der Waals surface area contributed by atoms with Gasteiger partial charge in [-0.2, -0.15) is 0 Å². The number of carbonyl (C=O) groups is 1. The van der Waals surface area contributed by atoms with E-state index in [0.29, 0.717) is 22.6 Å². The zero-order valence-electron chi connectivity index (χ0n) is 18.8. The molecule has 2 aliphatic rings. The van der Waals surface area contributed by atoms with Gasteiger partial charge in [-0.05, 0) is 49.7 Å². The molecule has 0 unspecified atom stereocenters. The highest BCUT2D eigenvalue weighted by atomic mass is 35.5. The molecule has 2 N–H and O–H groups in total. The van der Waals surface area contributed by atoms with Crippen LogP contribution in [0.4, 0.5) is 27.4 Å². The van der Waals surface area contributed by atoms with Gasteiger partial charge >= 0.3 is 0 Å². The zero-order chi connectivity index (χ0) is 23.8. The predicted molar refractivity (Wildman–Crippen MR) is 135 cm³/mol. The van der Waals surface area contributed by atoms with Gasteiger partial charge in [0.25, 0.3) is 5.91 Å². The largest absolute Gasteiger partial charge is 0.366 e. The van der Waals surface area contributed by atoms with Crippen LogP contribution in [-0.2, 0) is 0 Å². The summed E-state index contributed by atoms with van der Waals surface area (Å²) in [4.78, 5) is 25.6. The lowest BCUT2D eigenvalue weighted by molar-refractivity contribution is 0.0985. The highest BCUT2D eigenvalue weighted by Crippen LogP contribution is 2.37. The Balaban J connectivity index is 1.35. The number of nitrogens with zero attached hydrogens (tertiary/aromatic N) is 4.